The number of hydrogen-bond acceptors (Lipinski definition) is 3. The van der Waals surface area contributed by atoms with E-state index in [1.165, 1.54) is 51.6 Å². The smallest absolute Gasteiger partial charge is 0.0221 e. The molecule has 1 N–H and O–H groups in total. The molecule has 3 heteroatoms. The van der Waals surface area contributed by atoms with Gasteiger partial charge in [0.2, 0.25) is 0 Å². The molecule has 1 saturated carbocycles. The van der Waals surface area contributed by atoms with Crippen molar-refractivity contribution in [2.45, 2.75) is 75.7 Å². The summed E-state index contributed by atoms with van der Waals surface area (Å²) >= 11 is 2.08. The summed E-state index contributed by atoms with van der Waals surface area (Å²) in [6, 6.07) is 2.39. The zero-order chi connectivity index (χ0) is 13.0. The zero-order valence-electron chi connectivity index (χ0n) is 12.3. The second-order valence-electron chi connectivity index (χ2n) is 5.98. The van der Waals surface area contributed by atoms with Crippen LogP contribution in [0.3, 0.4) is 0 Å². The molecule has 2 rings (SSSR count). The van der Waals surface area contributed by atoms with Gasteiger partial charge in [0.25, 0.3) is 0 Å². The van der Waals surface area contributed by atoms with E-state index in [4.69, 9.17) is 0 Å². The lowest BCUT2D eigenvalue weighted by atomic mass is 10.0. The van der Waals surface area contributed by atoms with Crippen molar-refractivity contribution >= 4 is 11.8 Å². The van der Waals surface area contributed by atoms with Gasteiger partial charge >= 0.3 is 0 Å². The van der Waals surface area contributed by atoms with Crippen LogP contribution in [0.2, 0.25) is 0 Å². The van der Waals surface area contributed by atoms with E-state index in [0.717, 1.165) is 23.4 Å². The molecule has 0 spiro atoms. The van der Waals surface area contributed by atoms with Gasteiger partial charge in [-0.3, -0.25) is 4.90 Å². The molecule has 0 aromatic rings. The van der Waals surface area contributed by atoms with Crippen LogP contribution in [0, 0.1) is 0 Å². The normalized spacial score (nSPS) is 38.2. The highest BCUT2D eigenvalue weighted by Crippen LogP contribution is 2.33. The summed E-state index contributed by atoms with van der Waals surface area (Å²) in [5, 5.41) is 4.68. The van der Waals surface area contributed by atoms with Gasteiger partial charge in [-0.1, -0.05) is 20.3 Å². The molecule has 2 nitrogen and oxygen atoms in total. The maximum absolute atomic E-state index is 3.75. The Morgan fingerprint density at radius 2 is 2.11 bits per heavy atom. The Kier molecular flexibility index (Phi) is 5.84. The first-order chi connectivity index (χ1) is 8.78. The molecule has 2 fully saturated rings. The molecule has 0 aromatic carbocycles. The van der Waals surface area contributed by atoms with Gasteiger partial charge in [-0.05, 0) is 38.4 Å². The molecular formula is C15H30N2S. The number of thioether (sulfide) groups is 1. The molecule has 0 amide bonds. The molecule has 106 valence electrons. The Bertz CT molecular complexity index is 247. The monoisotopic (exact) mass is 270 g/mol. The van der Waals surface area contributed by atoms with E-state index >= 15 is 0 Å². The highest BCUT2D eigenvalue weighted by Gasteiger charge is 2.35. The van der Waals surface area contributed by atoms with Crippen LogP contribution in [0.4, 0.5) is 0 Å². The van der Waals surface area contributed by atoms with Gasteiger partial charge in [0.05, 0.1) is 0 Å². The fourth-order valence-electron chi connectivity index (χ4n) is 3.69. The predicted molar refractivity (Wildman–Crippen MR) is 82.4 cm³/mol. The molecular weight excluding hydrogens is 240 g/mol. The number of nitrogens with one attached hydrogen (secondary N) is 1. The zero-order valence-corrected chi connectivity index (χ0v) is 13.1. The van der Waals surface area contributed by atoms with Crippen molar-refractivity contribution in [3.8, 4) is 0 Å². The molecule has 18 heavy (non-hydrogen) atoms. The first-order valence-electron chi connectivity index (χ1n) is 7.80. The van der Waals surface area contributed by atoms with Crippen molar-refractivity contribution < 1.29 is 0 Å². The molecule has 0 radical (unpaired) electrons. The summed E-state index contributed by atoms with van der Waals surface area (Å²) in [6.45, 7) is 7.15. The van der Waals surface area contributed by atoms with Gasteiger partial charge < -0.3 is 5.32 Å². The average Bonchev–Trinajstić information content (AvgIpc) is 2.87. The van der Waals surface area contributed by atoms with E-state index in [1.54, 1.807) is 0 Å². The third-order valence-corrected chi connectivity index (χ3v) is 5.90. The van der Waals surface area contributed by atoms with Gasteiger partial charge in [-0.25, -0.2) is 0 Å². The largest absolute Gasteiger partial charge is 0.311 e. The van der Waals surface area contributed by atoms with E-state index in [-0.39, 0.29) is 0 Å². The maximum atomic E-state index is 3.75. The van der Waals surface area contributed by atoms with E-state index in [9.17, 15) is 0 Å². The van der Waals surface area contributed by atoms with Crippen molar-refractivity contribution in [1.29, 1.82) is 0 Å². The van der Waals surface area contributed by atoms with Crippen LogP contribution >= 0.6 is 11.8 Å². The summed E-state index contributed by atoms with van der Waals surface area (Å²) in [6.07, 6.45) is 10.5. The van der Waals surface area contributed by atoms with Gasteiger partial charge in [-0.2, -0.15) is 11.8 Å². The standard InChI is InChI=1S/C15H30N2S/c1-4-6-12-11-17(13(5-2)10-16-12)14-7-8-15(9-14)18-3/h12-16H,4-11H2,1-3H3. The fourth-order valence-corrected chi connectivity index (χ4v) is 4.48. The van der Waals surface area contributed by atoms with Crippen molar-refractivity contribution in [1.82, 2.24) is 10.2 Å². The molecule has 1 saturated heterocycles. The van der Waals surface area contributed by atoms with Gasteiger partial charge in [0, 0.05) is 36.5 Å². The Morgan fingerprint density at radius 3 is 2.72 bits per heavy atom. The molecule has 2 aliphatic rings. The van der Waals surface area contributed by atoms with Gasteiger partial charge in [0.1, 0.15) is 0 Å². The summed E-state index contributed by atoms with van der Waals surface area (Å²) in [5.74, 6) is 0. The summed E-state index contributed by atoms with van der Waals surface area (Å²) < 4.78 is 0. The third-order valence-electron chi connectivity index (χ3n) is 4.81. The number of hydrogen-bond donors (Lipinski definition) is 1. The molecule has 0 aromatic heterocycles. The number of piperazine rings is 1. The second kappa shape index (κ2) is 7.16. The maximum Gasteiger partial charge on any atom is 0.0221 e. The summed E-state index contributed by atoms with van der Waals surface area (Å²) in [5.41, 5.74) is 0. The number of rotatable bonds is 5. The molecule has 0 bridgehead atoms. The molecule has 1 aliphatic carbocycles. The van der Waals surface area contributed by atoms with Crippen LogP contribution in [0.25, 0.3) is 0 Å². The van der Waals surface area contributed by atoms with E-state index < -0.39 is 0 Å². The molecule has 4 atom stereocenters. The van der Waals surface area contributed by atoms with Crippen LogP contribution < -0.4 is 5.32 Å². The third kappa shape index (κ3) is 3.43. The van der Waals surface area contributed by atoms with Crippen molar-refractivity contribution in [3.63, 3.8) is 0 Å². The Balaban J connectivity index is 1.93. The lowest BCUT2D eigenvalue weighted by molar-refractivity contribution is 0.0788. The first kappa shape index (κ1) is 14.7. The van der Waals surface area contributed by atoms with Crippen molar-refractivity contribution in [2.24, 2.45) is 0 Å². The topological polar surface area (TPSA) is 15.3 Å². The number of nitrogens with zero attached hydrogens (tertiary/aromatic N) is 1. The predicted octanol–water partition coefficient (Wildman–Crippen LogP) is 3.12. The average molecular weight is 270 g/mol. The Labute approximate surface area is 117 Å². The molecule has 1 heterocycles. The quantitative estimate of drug-likeness (QED) is 0.826. The highest BCUT2D eigenvalue weighted by atomic mass is 32.2. The van der Waals surface area contributed by atoms with Crippen LogP contribution in [-0.4, -0.2) is 47.6 Å². The van der Waals surface area contributed by atoms with E-state index in [1.807, 2.05) is 0 Å². The van der Waals surface area contributed by atoms with Gasteiger partial charge in [0.15, 0.2) is 0 Å². The highest BCUT2D eigenvalue weighted by molar-refractivity contribution is 7.99. The second-order valence-corrected chi connectivity index (χ2v) is 7.12. The van der Waals surface area contributed by atoms with Gasteiger partial charge in [-0.15, -0.1) is 0 Å². The Hall–Kier alpha value is 0.270. The first-order valence-corrected chi connectivity index (χ1v) is 9.09. The summed E-state index contributed by atoms with van der Waals surface area (Å²) in [7, 11) is 0. The lowest BCUT2D eigenvalue weighted by Gasteiger charge is -2.43. The minimum Gasteiger partial charge on any atom is -0.311 e. The Morgan fingerprint density at radius 1 is 1.28 bits per heavy atom. The van der Waals surface area contributed by atoms with Crippen LogP contribution in [-0.2, 0) is 0 Å². The molecule has 1 aliphatic heterocycles. The fraction of sp³-hybridized carbons (Fsp3) is 1.00. The van der Waals surface area contributed by atoms with E-state index in [2.05, 4.69) is 42.1 Å². The van der Waals surface area contributed by atoms with Crippen LogP contribution in [0.5, 0.6) is 0 Å². The molecule has 4 unspecified atom stereocenters. The SMILES string of the molecule is CCCC1CN(C2CCC(SC)C2)C(CC)CN1. The van der Waals surface area contributed by atoms with Crippen molar-refractivity contribution in [3.05, 3.63) is 0 Å². The van der Waals surface area contributed by atoms with E-state index in [0.29, 0.717) is 0 Å². The summed E-state index contributed by atoms with van der Waals surface area (Å²) in [4.78, 5) is 2.85. The van der Waals surface area contributed by atoms with Crippen LogP contribution in [0.15, 0.2) is 0 Å². The van der Waals surface area contributed by atoms with Crippen LogP contribution in [0.1, 0.15) is 52.4 Å². The minimum atomic E-state index is 0.742. The minimum absolute atomic E-state index is 0.742. The van der Waals surface area contributed by atoms with Crippen molar-refractivity contribution in [2.75, 3.05) is 19.3 Å². The lowest BCUT2D eigenvalue weighted by Crippen LogP contribution is -2.58.